The Labute approximate surface area is 112 Å². The molecule has 0 saturated carbocycles. The predicted molar refractivity (Wildman–Crippen MR) is 71.2 cm³/mol. The summed E-state index contributed by atoms with van der Waals surface area (Å²) in [6.45, 7) is 2.26. The third kappa shape index (κ3) is 4.99. The van der Waals surface area contributed by atoms with Crippen molar-refractivity contribution in [1.82, 2.24) is 5.32 Å². The Kier molecular flexibility index (Phi) is 6.43. The van der Waals surface area contributed by atoms with Gasteiger partial charge in [0.1, 0.15) is 12.3 Å². The van der Waals surface area contributed by atoms with Crippen molar-refractivity contribution in [3.05, 3.63) is 29.8 Å². The molecule has 1 aromatic carbocycles. The van der Waals surface area contributed by atoms with Crippen LogP contribution in [0.2, 0.25) is 0 Å². The molecule has 0 aromatic heterocycles. The van der Waals surface area contributed by atoms with E-state index in [1.807, 2.05) is 6.92 Å². The van der Waals surface area contributed by atoms with Gasteiger partial charge < -0.3 is 14.8 Å². The number of ether oxygens (including phenoxy) is 2. The second-order valence-electron chi connectivity index (χ2n) is 3.96. The van der Waals surface area contributed by atoms with Crippen LogP contribution >= 0.6 is 0 Å². The molecule has 0 saturated heterocycles. The fourth-order valence-corrected chi connectivity index (χ4v) is 1.46. The van der Waals surface area contributed by atoms with E-state index in [0.29, 0.717) is 17.9 Å². The lowest BCUT2D eigenvalue weighted by atomic mass is 10.2. The van der Waals surface area contributed by atoms with Crippen LogP contribution in [0.1, 0.15) is 30.1 Å². The van der Waals surface area contributed by atoms with Crippen LogP contribution in [0.15, 0.2) is 24.3 Å². The van der Waals surface area contributed by atoms with Crippen LogP contribution in [0.25, 0.3) is 0 Å². The molecule has 5 heteroatoms. The van der Waals surface area contributed by atoms with Gasteiger partial charge >= 0.3 is 5.97 Å². The molecule has 1 rings (SSSR count). The maximum absolute atomic E-state index is 11.9. The number of carbonyl (C=O) groups excluding carboxylic acids is 2. The number of nitrogens with one attached hydrogen (secondary N) is 1. The monoisotopic (exact) mass is 265 g/mol. The van der Waals surface area contributed by atoms with E-state index in [4.69, 9.17) is 9.47 Å². The minimum Gasteiger partial charge on any atom is -0.496 e. The lowest BCUT2D eigenvalue weighted by molar-refractivity contribution is -0.142. The van der Waals surface area contributed by atoms with Crippen LogP contribution in [0.5, 0.6) is 5.75 Å². The van der Waals surface area contributed by atoms with Crippen molar-refractivity contribution in [2.24, 2.45) is 0 Å². The summed E-state index contributed by atoms with van der Waals surface area (Å²) in [7, 11) is 1.49. The number of esters is 1. The number of amides is 1. The molecule has 0 bridgehead atoms. The summed E-state index contributed by atoms with van der Waals surface area (Å²) < 4.78 is 10.0. The lowest BCUT2D eigenvalue weighted by Gasteiger charge is -2.09. The average Bonchev–Trinajstić information content (AvgIpc) is 2.45. The number of hydrogen-bond donors (Lipinski definition) is 1. The van der Waals surface area contributed by atoms with Crippen molar-refractivity contribution >= 4 is 11.9 Å². The van der Waals surface area contributed by atoms with Crippen LogP contribution < -0.4 is 10.1 Å². The summed E-state index contributed by atoms with van der Waals surface area (Å²) in [4.78, 5) is 23.2. The second-order valence-corrected chi connectivity index (χ2v) is 3.96. The van der Waals surface area contributed by atoms with E-state index >= 15 is 0 Å². The number of benzene rings is 1. The SMILES string of the molecule is CCCCOC(=O)CNC(=O)c1ccccc1OC. The van der Waals surface area contributed by atoms with Crippen molar-refractivity contribution in [1.29, 1.82) is 0 Å². The average molecular weight is 265 g/mol. The van der Waals surface area contributed by atoms with E-state index in [2.05, 4.69) is 5.32 Å². The molecule has 19 heavy (non-hydrogen) atoms. The van der Waals surface area contributed by atoms with Gasteiger partial charge in [-0.1, -0.05) is 25.5 Å². The highest BCUT2D eigenvalue weighted by Crippen LogP contribution is 2.16. The number of hydrogen-bond acceptors (Lipinski definition) is 4. The van der Waals surface area contributed by atoms with Gasteiger partial charge in [0.2, 0.25) is 0 Å². The van der Waals surface area contributed by atoms with Crippen LogP contribution in [-0.4, -0.2) is 32.1 Å². The predicted octanol–water partition coefficient (Wildman–Crippen LogP) is 1.77. The zero-order chi connectivity index (χ0) is 14.1. The first-order valence-corrected chi connectivity index (χ1v) is 6.25. The van der Waals surface area contributed by atoms with Gasteiger partial charge in [0.25, 0.3) is 5.91 Å². The summed E-state index contributed by atoms with van der Waals surface area (Å²) in [5, 5.41) is 2.51. The Hall–Kier alpha value is -2.04. The molecular weight excluding hydrogens is 246 g/mol. The number of rotatable bonds is 7. The van der Waals surface area contributed by atoms with Crippen molar-refractivity contribution in [3.8, 4) is 5.75 Å². The standard InChI is InChI=1S/C14H19NO4/c1-3-4-9-19-13(16)10-15-14(17)11-7-5-6-8-12(11)18-2/h5-8H,3-4,9-10H2,1-2H3,(H,15,17). The minimum atomic E-state index is -0.434. The van der Waals surface area contributed by atoms with E-state index < -0.39 is 5.97 Å². The Balaban J connectivity index is 2.44. The van der Waals surface area contributed by atoms with Gasteiger partial charge in [0.05, 0.1) is 19.3 Å². The van der Waals surface area contributed by atoms with Crippen LogP contribution in [0.4, 0.5) is 0 Å². The van der Waals surface area contributed by atoms with Crippen LogP contribution in [0.3, 0.4) is 0 Å². The van der Waals surface area contributed by atoms with Gasteiger partial charge in [0.15, 0.2) is 0 Å². The highest BCUT2D eigenvalue weighted by atomic mass is 16.5. The first kappa shape index (κ1) is 15.0. The van der Waals surface area contributed by atoms with Gasteiger partial charge in [-0.25, -0.2) is 0 Å². The van der Waals surface area contributed by atoms with Crippen molar-refractivity contribution < 1.29 is 19.1 Å². The molecule has 0 aliphatic rings. The number of carbonyl (C=O) groups is 2. The van der Waals surface area contributed by atoms with E-state index in [9.17, 15) is 9.59 Å². The Morgan fingerprint density at radius 1 is 1.26 bits per heavy atom. The van der Waals surface area contributed by atoms with E-state index in [1.165, 1.54) is 7.11 Å². The molecule has 0 radical (unpaired) electrons. The van der Waals surface area contributed by atoms with E-state index in [1.54, 1.807) is 24.3 Å². The third-order valence-electron chi connectivity index (χ3n) is 2.51. The smallest absolute Gasteiger partial charge is 0.325 e. The number of unbranched alkanes of at least 4 members (excludes halogenated alkanes) is 1. The summed E-state index contributed by atoms with van der Waals surface area (Å²) in [5.41, 5.74) is 0.395. The molecule has 0 fully saturated rings. The van der Waals surface area contributed by atoms with Gasteiger partial charge in [-0.2, -0.15) is 0 Å². The number of methoxy groups -OCH3 is 1. The molecule has 0 heterocycles. The molecule has 0 aliphatic heterocycles. The normalized spacial score (nSPS) is 9.79. The number of para-hydroxylation sites is 1. The molecule has 1 amide bonds. The molecule has 1 aromatic rings. The van der Waals surface area contributed by atoms with Gasteiger partial charge in [-0.15, -0.1) is 0 Å². The molecule has 0 spiro atoms. The quantitative estimate of drug-likeness (QED) is 0.603. The third-order valence-corrected chi connectivity index (χ3v) is 2.51. The fraction of sp³-hybridized carbons (Fsp3) is 0.429. The Bertz CT molecular complexity index is 431. The molecule has 1 N–H and O–H groups in total. The molecular formula is C14H19NO4. The van der Waals surface area contributed by atoms with Gasteiger partial charge in [-0.05, 0) is 18.6 Å². The second kappa shape index (κ2) is 8.13. The first-order chi connectivity index (χ1) is 9.19. The van der Waals surface area contributed by atoms with Crippen molar-refractivity contribution in [2.45, 2.75) is 19.8 Å². The first-order valence-electron chi connectivity index (χ1n) is 6.25. The van der Waals surface area contributed by atoms with Crippen molar-refractivity contribution in [3.63, 3.8) is 0 Å². The zero-order valence-corrected chi connectivity index (χ0v) is 11.3. The highest BCUT2D eigenvalue weighted by molar-refractivity contribution is 5.98. The van der Waals surface area contributed by atoms with Gasteiger partial charge in [-0.3, -0.25) is 9.59 Å². The van der Waals surface area contributed by atoms with Gasteiger partial charge in [0, 0.05) is 0 Å². The maximum atomic E-state index is 11.9. The minimum absolute atomic E-state index is 0.138. The molecule has 0 aliphatic carbocycles. The van der Waals surface area contributed by atoms with E-state index in [-0.39, 0.29) is 12.5 Å². The van der Waals surface area contributed by atoms with E-state index in [0.717, 1.165) is 12.8 Å². The molecule has 5 nitrogen and oxygen atoms in total. The summed E-state index contributed by atoms with van der Waals surface area (Å²) in [5.74, 6) is -0.319. The largest absolute Gasteiger partial charge is 0.496 e. The van der Waals surface area contributed by atoms with Crippen LogP contribution in [0, 0.1) is 0 Å². The summed E-state index contributed by atoms with van der Waals surface area (Å²) in [6, 6.07) is 6.83. The summed E-state index contributed by atoms with van der Waals surface area (Å²) in [6.07, 6.45) is 1.78. The van der Waals surface area contributed by atoms with Crippen molar-refractivity contribution in [2.75, 3.05) is 20.3 Å². The summed E-state index contributed by atoms with van der Waals surface area (Å²) >= 11 is 0. The highest BCUT2D eigenvalue weighted by Gasteiger charge is 2.12. The fourth-order valence-electron chi connectivity index (χ4n) is 1.46. The molecule has 0 atom stereocenters. The zero-order valence-electron chi connectivity index (χ0n) is 11.3. The topological polar surface area (TPSA) is 64.6 Å². The van der Waals surface area contributed by atoms with Crippen LogP contribution in [-0.2, 0) is 9.53 Å². The lowest BCUT2D eigenvalue weighted by Crippen LogP contribution is -2.31. The Morgan fingerprint density at radius 2 is 2.00 bits per heavy atom. The molecule has 104 valence electrons. The maximum Gasteiger partial charge on any atom is 0.325 e. The molecule has 0 unspecified atom stereocenters. The Morgan fingerprint density at radius 3 is 2.68 bits per heavy atom.